The molecular weight excluding hydrogens is 422 g/mol. The zero-order valence-corrected chi connectivity index (χ0v) is 19.8. The van der Waals surface area contributed by atoms with Crippen LogP contribution in [0.1, 0.15) is 32.8 Å². The third-order valence-corrected chi connectivity index (χ3v) is 5.27. The third kappa shape index (κ3) is 6.31. The predicted octanol–water partition coefficient (Wildman–Crippen LogP) is 4.37. The minimum Gasteiger partial charge on any atom is -0.490 e. The first-order valence-electron chi connectivity index (χ1n) is 11.4. The molecule has 0 saturated carbocycles. The minimum absolute atomic E-state index is 0.0443. The summed E-state index contributed by atoms with van der Waals surface area (Å²) in [4.78, 5) is 26.8. The van der Waals surface area contributed by atoms with Crippen molar-refractivity contribution < 1.29 is 23.8 Å². The van der Waals surface area contributed by atoms with Crippen molar-refractivity contribution in [3.8, 4) is 17.2 Å². The molecule has 1 unspecified atom stereocenters. The average Bonchev–Trinajstić information content (AvgIpc) is 3.16. The molecule has 0 radical (unpaired) electrons. The van der Waals surface area contributed by atoms with Crippen LogP contribution in [-0.2, 0) is 4.79 Å². The molecule has 1 aliphatic heterocycles. The molecule has 0 aliphatic carbocycles. The summed E-state index contributed by atoms with van der Waals surface area (Å²) in [6.07, 6.45) is 0.403. The van der Waals surface area contributed by atoms with E-state index in [1.54, 1.807) is 17.0 Å². The molecular formula is C25H33N3O5. The number of amides is 3. The van der Waals surface area contributed by atoms with E-state index in [9.17, 15) is 9.59 Å². The Bertz CT molecular complexity index is 934. The number of carbonyl (C=O) groups excluding carboxylic acids is 2. The number of ether oxygens (including phenoxy) is 3. The highest BCUT2D eigenvalue weighted by Crippen LogP contribution is 2.40. The molecule has 33 heavy (non-hydrogen) atoms. The number of nitrogens with zero attached hydrogens (tertiary/aromatic N) is 1. The highest BCUT2D eigenvalue weighted by Gasteiger charge is 2.30. The first-order chi connectivity index (χ1) is 15.9. The van der Waals surface area contributed by atoms with Crippen LogP contribution in [0.15, 0.2) is 36.4 Å². The molecule has 1 fully saturated rings. The fourth-order valence-electron chi connectivity index (χ4n) is 3.77. The summed E-state index contributed by atoms with van der Waals surface area (Å²) in [5, 5.41) is 5.70. The van der Waals surface area contributed by atoms with E-state index in [1.807, 2.05) is 52.0 Å². The highest BCUT2D eigenvalue weighted by atomic mass is 16.5. The van der Waals surface area contributed by atoms with Crippen LogP contribution in [0.3, 0.4) is 0 Å². The highest BCUT2D eigenvalue weighted by molar-refractivity contribution is 5.96. The molecule has 1 aliphatic rings. The Balaban J connectivity index is 1.61. The Kier molecular flexibility index (Phi) is 8.40. The zero-order valence-electron chi connectivity index (χ0n) is 19.8. The summed E-state index contributed by atoms with van der Waals surface area (Å²) in [6, 6.07) is 11.0. The van der Waals surface area contributed by atoms with Crippen molar-refractivity contribution in [3.63, 3.8) is 0 Å². The first-order valence-corrected chi connectivity index (χ1v) is 11.4. The lowest BCUT2D eigenvalue weighted by molar-refractivity contribution is -0.117. The molecule has 1 heterocycles. The van der Waals surface area contributed by atoms with E-state index in [-0.39, 0.29) is 17.9 Å². The number of rotatable bonds is 10. The van der Waals surface area contributed by atoms with E-state index in [0.29, 0.717) is 62.3 Å². The number of anilines is 2. The van der Waals surface area contributed by atoms with Gasteiger partial charge in [0.05, 0.1) is 25.5 Å². The molecule has 178 valence electrons. The Hall–Kier alpha value is -3.42. The predicted molar refractivity (Wildman–Crippen MR) is 129 cm³/mol. The lowest BCUT2D eigenvalue weighted by Gasteiger charge is -2.18. The summed E-state index contributed by atoms with van der Waals surface area (Å²) in [5.41, 5.74) is 2.57. The molecule has 2 N–H and O–H groups in total. The Labute approximate surface area is 195 Å². The van der Waals surface area contributed by atoms with E-state index < -0.39 is 0 Å². The van der Waals surface area contributed by atoms with Crippen LogP contribution >= 0.6 is 0 Å². The van der Waals surface area contributed by atoms with Crippen LogP contribution in [-0.4, -0.2) is 44.8 Å². The van der Waals surface area contributed by atoms with E-state index in [4.69, 9.17) is 14.2 Å². The van der Waals surface area contributed by atoms with Crippen LogP contribution in [0.25, 0.3) is 0 Å². The van der Waals surface area contributed by atoms with Gasteiger partial charge in [-0.3, -0.25) is 4.79 Å². The molecule has 3 amide bonds. The zero-order chi connectivity index (χ0) is 23.8. The molecule has 0 bridgehead atoms. The van der Waals surface area contributed by atoms with Gasteiger partial charge in [0.2, 0.25) is 11.7 Å². The average molecular weight is 456 g/mol. The summed E-state index contributed by atoms with van der Waals surface area (Å²) in [7, 11) is 0. The van der Waals surface area contributed by atoms with Crippen molar-refractivity contribution in [1.82, 2.24) is 5.32 Å². The first kappa shape index (κ1) is 24.2. The van der Waals surface area contributed by atoms with Gasteiger partial charge in [-0.2, -0.15) is 0 Å². The van der Waals surface area contributed by atoms with Crippen LogP contribution in [0, 0.1) is 12.8 Å². The maximum absolute atomic E-state index is 12.6. The number of aryl methyl sites for hydroxylation is 1. The molecule has 2 aromatic rings. The van der Waals surface area contributed by atoms with Gasteiger partial charge in [-0.25, -0.2) is 4.79 Å². The van der Waals surface area contributed by atoms with Crippen molar-refractivity contribution >= 4 is 23.3 Å². The summed E-state index contributed by atoms with van der Waals surface area (Å²) >= 11 is 0. The van der Waals surface area contributed by atoms with Gasteiger partial charge in [0.1, 0.15) is 0 Å². The Morgan fingerprint density at radius 2 is 1.61 bits per heavy atom. The van der Waals surface area contributed by atoms with E-state index in [1.165, 1.54) is 0 Å². The van der Waals surface area contributed by atoms with Crippen molar-refractivity contribution in [2.24, 2.45) is 5.92 Å². The second-order valence-corrected chi connectivity index (χ2v) is 7.85. The number of hydrogen-bond donors (Lipinski definition) is 2. The number of nitrogens with one attached hydrogen (secondary N) is 2. The van der Waals surface area contributed by atoms with E-state index >= 15 is 0 Å². The minimum atomic E-state index is -0.356. The molecule has 1 saturated heterocycles. The fourth-order valence-corrected chi connectivity index (χ4v) is 3.77. The maximum atomic E-state index is 12.6. The van der Waals surface area contributed by atoms with Gasteiger partial charge in [0, 0.05) is 43.2 Å². The quantitative estimate of drug-likeness (QED) is 0.556. The van der Waals surface area contributed by atoms with Gasteiger partial charge < -0.3 is 29.7 Å². The smallest absolute Gasteiger partial charge is 0.319 e. The summed E-state index contributed by atoms with van der Waals surface area (Å²) in [5.74, 6) is 1.66. The topological polar surface area (TPSA) is 89.1 Å². The molecule has 8 nitrogen and oxygen atoms in total. The second kappa shape index (κ2) is 11.4. The number of carbonyl (C=O) groups is 2. The van der Waals surface area contributed by atoms with Gasteiger partial charge in [0.15, 0.2) is 11.5 Å². The molecule has 1 atom stereocenters. The van der Waals surface area contributed by atoms with Crippen LogP contribution in [0.5, 0.6) is 17.2 Å². The standard InChI is InChI=1S/C25H33N3O5/c1-5-31-21-13-19(14-22(32-6-2)24(21)33-7-3)27-25(30)26-15-18-12-23(29)28(16-18)20-10-8-17(4)9-11-20/h8-11,13-14,18H,5-7,12,15-16H2,1-4H3,(H2,26,27,30). The maximum Gasteiger partial charge on any atom is 0.319 e. The van der Waals surface area contributed by atoms with Crippen molar-refractivity contribution in [2.45, 2.75) is 34.1 Å². The van der Waals surface area contributed by atoms with Crippen molar-refractivity contribution in [2.75, 3.05) is 43.1 Å². The van der Waals surface area contributed by atoms with Crippen molar-refractivity contribution in [3.05, 3.63) is 42.0 Å². The van der Waals surface area contributed by atoms with Gasteiger partial charge in [-0.1, -0.05) is 17.7 Å². The number of urea groups is 1. The lowest BCUT2D eigenvalue weighted by atomic mass is 10.1. The fraction of sp³-hybridized carbons (Fsp3) is 0.440. The molecule has 3 rings (SSSR count). The van der Waals surface area contributed by atoms with Crippen molar-refractivity contribution in [1.29, 1.82) is 0 Å². The Morgan fingerprint density at radius 3 is 2.18 bits per heavy atom. The van der Waals surface area contributed by atoms with Crippen LogP contribution < -0.4 is 29.7 Å². The number of hydrogen-bond acceptors (Lipinski definition) is 5. The number of benzene rings is 2. The van der Waals surface area contributed by atoms with E-state index in [0.717, 1.165) is 11.3 Å². The molecule has 0 spiro atoms. The van der Waals surface area contributed by atoms with Gasteiger partial charge >= 0.3 is 6.03 Å². The van der Waals surface area contributed by atoms with E-state index in [2.05, 4.69) is 10.6 Å². The third-order valence-electron chi connectivity index (χ3n) is 5.27. The lowest BCUT2D eigenvalue weighted by Crippen LogP contribution is -2.34. The van der Waals surface area contributed by atoms with Crippen LogP contribution in [0.4, 0.5) is 16.2 Å². The SMILES string of the molecule is CCOc1cc(NC(=O)NCC2CC(=O)N(c3ccc(C)cc3)C2)cc(OCC)c1OCC. The largest absolute Gasteiger partial charge is 0.490 e. The summed E-state index contributed by atoms with van der Waals surface area (Å²) < 4.78 is 17.1. The molecule has 0 aromatic heterocycles. The second-order valence-electron chi connectivity index (χ2n) is 7.85. The van der Waals surface area contributed by atoms with Gasteiger partial charge in [-0.05, 0) is 39.8 Å². The monoisotopic (exact) mass is 455 g/mol. The summed E-state index contributed by atoms with van der Waals surface area (Å²) in [6.45, 7) is 10.0. The van der Waals surface area contributed by atoms with Crippen LogP contribution in [0.2, 0.25) is 0 Å². The van der Waals surface area contributed by atoms with Gasteiger partial charge in [-0.15, -0.1) is 0 Å². The Morgan fingerprint density at radius 1 is 1.00 bits per heavy atom. The molecule has 8 heteroatoms. The normalized spacial score (nSPS) is 15.3. The molecule has 2 aromatic carbocycles. The van der Waals surface area contributed by atoms with Gasteiger partial charge in [0.25, 0.3) is 0 Å².